The molecule has 0 fully saturated rings. The van der Waals surface area contributed by atoms with Gasteiger partial charge in [0.15, 0.2) is 0 Å². The van der Waals surface area contributed by atoms with E-state index >= 15 is 0 Å². The molecular weight excluding hydrogens is 566 g/mol. The summed E-state index contributed by atoms with van der Waals surface area (Å²) in [5.74, 6) is 0.0424. The quantitative estimate of drug-likeness (QED) is 0.317. The lowest BCUT2D eigenvalue weighted by Gasteiger charge is -2.36. The number of carbonyl (C=O) groups excluding carboxylic acids is 2. The molecule has 0 saturated carbocycles. The first-order chi connectivity index (χ1) is 21.7. The number of amides is 2. The van der Waals surface area contributed by atoms with Crippen LogP contribution in [-0.2, 0) is 22.5 Å². The zero-order valence-corrected chi connectivity index (χ0v) is 27.2. The van der Waals surface area contributed by atoms with E-state index in [2.05, 4.69) is 36.3 Å². The summed E-state index contributed by atoms with van der Waals surface area (Å²) >= 11 is 0. The van der Waals surface area contributed by atoms with Crippen molar-refractivity contribution in [1.82, 2.24) is 9.80 Å². The van der Waals surface area contributed by atoms with E-state index in [0.29, 0.717) is 36.7 Å². The van der Waals surface area contributed by atoms with E-state index in [9.17, 15) is 14.7 Å². The van der Waals surface area contributed by atoms with Crippen LogP contribution in [0.2, 0.25) is 0 Å². The van der Waals surface area contributed by atoms with E-state index in [1.54, 1.807) is 23.1 Å². The molecule has 4 rings (SSSR count). The molecule has 0 aromatic heterocycles. The van der Waals surface area contributed by atoms with Gasteiger partial charge in [0.2, 0.25) is 5.91 Å². The monoisotopic (exact) mass is 615 g/mol. The van der Waals surface area contributed by atoms with Crippen LogP contribution in [0.4, 0.5) is 5.69 Å². The van der Waals surface area contributed by atoms with Crippen LogP contribution in [0.3, 0.4) is 0 Å². The number of nitrogens with zero attached hydrogens (tertiary/aromatic N) is 2. The second-order valence-electron chi connectivity index (χ2n) is 12.4. The summed E-state index contributed by atoms with van der Waals surface area (Å²) in [5, 5.41) is 13.2. The zero-order chi connectivity index (χ0) is 32.2. The third-order valence-corrected chi connectivity index (χ3v) is 8.33. The number of fused-ring (bicyclic) bond motifs is 1. The Balaban J connectivity index is 1.59. The average molecular weight is 616 g/mol. The summed E-state index contributed by atoms with van der Waals surface area (Å²) < 4.78 is 12.8. The Morgan fingerprint density at radius 3 is 2.40 bits per heavy atom. The summed E-state index contributed by atoms with van der Waals surface area (Å²) in [4.78, 5) is 31.2. The van der Waals surface area contributed by atoms with Crippen molar-refractivity contribution in [3.8, 4) is 5.75 Å². The molecule has 0 unspecified atom stereocenters. The standard InChI is InChI=1S/C37H49N3O5/c1-27-23-40(28(2)26-41)37(43)33-22-32(38-36(42)21-30-14-7-5-8-15-30)18-19-34(33)45-29(3)13-11-12-20-44-35(27)25-39(4)24-31-16-9-6-10-17-31/h5-10,14-19,22,27-29,35,41H,11-13,20-21,23-26H2,1-4H3,(H,38,42)/t27-,28-,29+,35-/m1/s1. The summed E-state index contributed by atoms with van der Waals surface area (Å²) in [5.41, 5.74) is 3.03. The second kappa shape index (κ2) is 17.1. The fourth-order valence-corrected chi connectivity index (χ4v) is 5.72. The smallest absolute Gasteiger partial charge is 0.258 e. The summed E-state index contributed by atoms with van der Waals surface area (Å²) in [6.45, 7) is 8.31. The number of likely N-dealkylation sites (N-methyl/N-ethyl adjacent to an activating group) is 1. The normalized spacial score (nSPS) is 20.5. The molecule has 45 heavy (non-hydrogen) atoms. The third-order valence-electron chi connectivity index (χ3n) is 8.33. The lowest BCUT2D eigenvalue weighted by atomic mass is 10.0. The molecule has 0 spiro atoms. The van der Waals surface area contributed by atoms with Crippen molar-refractivity contribution in [2.45, 2.75) is 71.2 Å². The van der Waals surface area contributed by atoms with Crippen molar-refractivity contribution in [3.63, 3.8) is 0 Å². The molecule has 2 N–H and O–H groups in total. The lowest BCUT2D eigenvalue weighted by molar-refractivity contribution is -0.115. The van der Waals surface area contributed by atoms with Gasteiger partial charge in [0.05, 0.1) is 36.8 Å². The van der Waals surface area contributed by atoms with Gasteiger partial charge in [-0.05, 0) is 69.5 Å². The summed E-state index contributed by atoms with van der Waals surface area (Å²) in [7, 11) is 2.09. The number of hydrogen-bond donors (Lipinski definition) is 2. The molecule has 3 aromatic rings. The number of aliphatic hydroxyl groups excluding tert-OH is 1. The number of ether oxygens (including phenoxy) is 2. The molecule has 0 radical (unpaired) electrons. The van der Waals surface area contributed by atoms with Crippen LogP contribution >= 0.6 is 0 Å². The molecule has 8 heteroatoms. The van der Waals surface area contributed by atoms with Crippen LogP contribution in [0.25, 0.3) is 0 Å². The van der Waals surface area contributed by atoms with Gasteiger partial charge >= 0.3 is 0 Å². The Morgan fingerprint density at radius 1 is 1.02 bits per heavy atom. The van der Waals surface area contributed by atoms with Crippen LogP contribution in [0.15, 0.2) is 78.9 Å². The highest BCUT2D eigenvalue weighted by Gasteiger charge is 2.30. The Kier molecular flexibility index (Phi) is 13.0. The van der Waals surface area contributed by atoms with Gasteiger partial charge < -0.3 is 24.8 Å². The van der Waals surface area contributed by atoms with Crippen molar-refractivity contribution < 1.29 is 24.2 Å². The largest absolute Gasteiger partial charge is 0.490 e. The van der Waals surface area contributed by atoms with Crippen molar-refractivity contribution in [2.75, 3.05) is 38.7 Å². The van der Waals surface area contributed by atoms with Gasteiger partial charge in [-0.15, -0.1) is 0 Å². The van der Waals surface area contributed by atoms with Crippen LogP contribution in [0.1, 0.15) is 61.5 Å². The van der Waals surface area contributed by atoms with E-state index in [1.807, 2.05) is 62.4 Å². The van der Waals surface area contributed by atoms with E-state index in [4.69, 9.17) is 9.47 Å². The minimum Gasteiger partial charge on any atom is -0.490 e. The second-order valence-corrected chi connectivity index (χ2v) is 12.4. The summed E-state index contributed by atoms with van der Waals surface area (Å²) in [6.07, 6.45) is 2.66. The molecule has 4 atom stereocenters. The van der Waals surface area contributed by atoms with Gasteiger partial charge in [-0.1, -0.05) is 67.6 Å². The molecule has 1 heterocycles. The van der Waals surface area contributed by atoms with Gasteiger partial charge in [0.25, 0.3) is 5.91 Å². The van der Waals surface area contributed by atoms with Crippen molar-refractivity contribution in [1.29, 1.82) is 0 Å². The maximum Gasteiger partial charge on any atom is 0.258 e. The topological polar surface area (TPSA) is 91.3 Å². The molecule has 2 amide bonds. The van der Waals surface area contributed by atoms with Crippen LogP contribution in [-0.4, -0.2) is 78.3 Å². The van der Waals surface area contributed by atoms with Crippen molar-refractivity contribution in [3.05, 3.63) is 95.6 Å². The summed E-state index contributed by atoms with van der Waals surface area (Å²) in [6, 6.07) is 24.7. The Bertz CT molecular complexity index is 1350. The minimum atomic E-state index is -0.433. The maximum absolute atomic E-state index is 14.3. The number of carbonyl (C=O) groups is 2. The van der Waals surface area contributed by atoms with E-state index in [1.165, 1.54) is 5.56 Å². The molecule has 0 aliphatic carbocycles. The van der Waals surface area contributed by atoms with E-state index in [0.717, 1.165) is 31.4 Å². The molecule has 242 valence electrons. The lowest BCUT2D eigenvalue weighted by Crippen LogP contribution is -2.47. The van der Waals surface area contributed by atoms with Crippen molar-refractivity contribution >= 4 is 17.5 Å². The fourth-order valence-electron chi connectivity index (χ4n) is 5.72. The highest BCUT2D eigenvalue weighted by Crippen LogP contribution is 2.28. The number of nitrogens with one attached hydrogen (secondary N) is 1. The van der Waals surface area contributed by atoms with Gasteiger partial charge in [0.1, 0.15) is 5.75 Å². The van der Waals surface area contributed by atoms with Gasteiger partial charge in [0, 0.05) is 37.8 Å². The highest BCUT2D eigenvalue weighted by molar-refractivity contribution is 6.00. The predicted octanol–water partition coefficient (Wildman–Crippen LogP) is 5.80. The van der Waals surface area contributed by atoms with Crippen molar-refractivity contribution in [2.24, 2.45) is 5.92 Å². The first-order valence-corrected chi connectivity index (χ1v) is 16.1. The van der Waals surface area contributed by atoms with Crippen LogP contribution in [0, 0.1) is 5.92 Å². The van der Waals surface area contributed by atoms with Gasteiger partial charge in [-0.3, -0.25) is 14.5 Å². The first kappa shape index (κ1) is 34.2. The Morgan fingerprint density at radius 2 is 1.71 bits per heavy atom. The van der Waals surface area contributed by atoms with E-state index in [-0.39, 0.29) is 43.0 Å². The van der Waals surface area contributed by atoms with Gasteiger partial charge in [-0.25, -0.2) is 0 Å². The number of rotatable bonds is 9. The molecule has 3 aromatic carbocycles. The van der Waals surface area contributed by atoms with E-state index < -0.39 is 6.04 Å². The number of aliphatic hydroxyl groups is 1. The molecule has 1 aliphatic heterocycles. The highest BCUT2D eigenvalue weighted by atomic mass is 16.5. The maximum atomic E-state index is 14.3. The SMILES string of the molecule is C[C@@H]1CN([C@H](C)CO)C(=O)c2cc(NC(=O)Cc3ccccc3)ccc2O[C@@H](C)CCCCO[C@@H]1CN(C)Cc1ccccc1. The Hall–Kier alpha value is -3.72. The number of benzene rings is 3. The minimum absolute atomic E-state index is 0.0128. The number of anilines is 1. The van der Waals surface area contributed by atoms with Crippen LogP contribution in [0.5, 0.6) is 5.75 Å². The molecule has 8 nitrogen and oxygen atoms in total. The fraction of sp³-hybridized carbons (Fsp3) is 0.459. The molecule has 0 bridgehead atoms. The first-order valence-electron chi connectivity index (χ1n) is 16.1. The predicted molar refractivity (Wildman–Crippen MR) is 178 cm³/mol. The van der Waals surface area contributed by atoms with Gasteiger partial charge in [-0.2, -0.15) is 0 Å². The molecular formula is C37H49N3O5. The number of hydrogen-bond acceptors (Lipinski definition) is 6. The third kappa shape index (κ3) is 10.4. The Labute approximate surface area is 268 Å². The molecule has 0 saturated heterocycles. The van der Waals surface area contributed by atoms with Crippen LogP contribution < -0.4 is 10.1 Å². The zero-order valence-electron chi connectivity index (χ0n) is 27.2. The average Bonchev–Trinajstić information content (AvgIpc) is 3.03. The molecule has 1 aliphatic rings.